The van der Waals surface area contributed by atoms with Gasteiger partial charge in [0.15, 0.2) is 12.0 Å². The summed E-state index contributed by atoms with van der Waals surface area (Å²) >= 11 is 0. The standard InChI is InChI=1S/C27H31N3O5S/c1-34-22-7-9-23(10-8-22)36(32,33)30-12-2-3-25(30)27(31)29(21-6-5-19-14-20(19)15-21)16-18-4-11-24-26(13-18)35-17-28-24/h4,7-11,13,17,19-21,25H,2-3,5-6,12,14-16H2,1H3/t19?,20?,21?,25-/m0/s1. The van der Waals surface area contributed by atoms with Crippen molar-refractivity contribution in [3.63, 3.8) is 0 Å². The Morgan fingerprint density at radius 3 is 2.72 bits per heavy atom. The van der Waals surface area contributed by atoms with E-state index in [0.29, 0.717) is 43.2 Å². The first-order valence-electron chi connectivity index (χ1n) is 12.7. The molecule has 36 heavy (non-hydrogen) atoms. The Bertz CT molecular complexity index is 1370. The van der Waals surface area contributed by atoms with Crippen molar-refractivity contribution in [1.29, 1.82) is 0 Å². The summed E-state index contributed by atoms with van der Waals surface area (Å²) < 4.78 is 39.2. The lowest BCUT2D eigenvalue weighted by Gasteiger charge is -2.37. The predicted octanol–water partition coefficient (Wildman–Crippen LogP) is 4.21. The van der Waals surface area contributed by atoms with Crippen LogP contribution >= 0.6 is 0 Å². The first kappa shape index (κ1) is 23.5. The summed E-state index contributed by atoms with van der Waals surface area (Å²) in [4.78, 5) is 20.5. The van der Waals surface area contributed by atoms with Crippen molar-refractivity contribution in [3.05, 3.63) is 54.4 Å². The number of carbonyl (C=O) groups excluding carboxylic acids is 1. The third-order valence-electron chi connectivity index (χ3n) is 8.14. The smallest absolute Gasteiger partial charge is 0.243 e. The number of ether oxygens (including phenoxy) is 1. The molecule has 2 saturated carbocycles. The van der Waals surface area contributed by atoms with Crippen LogP contribution < -0.4 is 4.74 Å². The zero-order chi connectivity index (χ0) is 24.9. The Hall–Kier alpha value is -2.91. The zero-order valence-electron chi connectivity index (χ0n) is 20.4. The second-order valence-corrected chi connectivity index (χ2v) is 12.2. The molecule has 3 unspecified atom stereocenters. The van der Waals surface area contributed by atoms with Gasteiger partial charge in [-0.05, 0) is 92.3 Å². The minimum Gasteiger partial charge on any atom is -0.497 e. The molecule has 2 heterocycles. The number of methoxy groups -OCH3 is 1. The van der Waals surface area contributed by atoms with Crippen molar-refractivity contribution in [3.8, 4) is 5.75 Å². The lowest BCUT2D eigenvalue weighted by molar-refractivity contribution is -0.138. The number of rotatable bonds is 7. The SMILES string of the molecule is COc1ccc(S(=O)(=O)N2CCC[C@H]2C(=O)N(Cc2ccc3ncoc3c2)C2CCC3CC3C2)cc1. The molecule has 6 rings (SSSR count). The highest BCUT2D eigenvalue weighted by Crippen LogP contribution is 2.50. The molecule has 4 atom stereocenters. The number of hydrogen-bond donors (Lipinski definition) is 0. The van der Waals surface area contributed by atoms with E-state index in [-0.39, 0.29) is 16.8 Å². The summed E-state index contributed by atoms with van der Waals surface area (Å²) in [6.45, 7) is 0.780. The predicted molar refractivity (Wildman–Crippen MR) is 134 cm³/mol. The molecule has 0 radical (unpaired) electrons. The van der Waals surface area contributed by atoms with Crippen LogP contribution in [0.2, 0.25) is 0 Å². The summed E-state index contributed by atoms with van der Waals surface area (Å²) in [5.74, 6) is 2.00. The number of oxazole rings is 1. The van der Waals surface area contributed by atoms with E-state index in [2.05, 4.69) is 4.98 Å². The van der Waals surface area contributed by atoms with Crippen molar-refractivity contribution < 1.29 is 22.4 Å². The molecule has 3 aliphatic rings. The molecule has 8 nitrogen and oxygen atoms in total. The summed E-state index contributed by atoms with van der Waals surface area (Å²) in [7, 11) is -2.27. The van der Waals surface area contributed by atoms with Crippen molar-refractivity contribution in [2.45, 2.75) is 62.0 Å². The van der Waals surface area contributed by atoms with Gasteiger partial charge in [0, 0.05) is 19.1 Å². The Morgan fingerprint density at radius 2 is 1.94 bits per heavy atom. The Labute approximate surface area is 211 Å². The van der Waals surface area contributed by atoms with Gasteiger partial charge in [0.1, 0.15) is 17.3 Å². The normalized spacial score (nSPS) is 26.0. The van der Waals surface area contributed by atoms with Crippen LogP contribution in [0.5, 0.6) is 5.75 Å². The van der Waals surface area contributed by atoms with Crippen LogP contribution in [0.1, 0.15) is 44.1 Å². The average Bonchev–Trinajstić information content (AvgIpc) is 3.26. The number of benzene rings is 2. The van der Waals surface area contributed by atoms with Gasteiger partial charge in [-0.15, -0.1) is 0 Å². The maximum Gasteiger partial charge on any atom is 0.243 e. The van der Waals surface area contributed by atoms with Crippen molar-refractivity contribution in [2.24, 2.45) is 11.8 Å². The fraction of sp³-hybridized carbons (Fsp3) is 0.481. The van der Waals surface area contributed by atoms with Crippen LogP contribution in [0.3, 0.4) is 0 Å². The average molecular weight is 510 g/mol. The summed E-state index contributed by atoms with van der Waals surface area (Å²) in [5.41, 5.74) is 2.44. The van der Waals surface area contributed by atoms with Crippen LogP contribution in [-0.2, 0) is 21.4 Å². The summed E-state index contributed by atoms with van der Waals surface area (Å²) in [5, 5.41) is 0. The molecule has 1 aliphatic heterocycles. The molecule has 2 aromatic carbocycles. The minimum absolute atomic E-state index is 0.0913. The molecule has 1 saturated heterocycles. The molecular formula is C27H31N3O5S. The highest BCUT2D eigenvalue weighted by atomic mass is 32.2. The lowest BCUT2D eigenvalue weighted by Crippen LogP contribution is -2.51. The first-order valence-corrected chi connectivity index (χ1v) is 14.2. The van der Waals surface area contributed by atoms with Crippen LogP contribution in [-0.4, -0.2) is 54.3 Å². The largest absolute Gasteiger partial charge is 0.497 e. The molecule has 0 bridgehead atoms. The van der Waals surface area contributed by atoms with Gasteiger partial charge in [-0.1, -0.05) is 6.07 Å². The molecule has 3 fully saturated rings. The molecule has 1 amide bonds. The highest BCUT2D eigenvalue weighted by molar-refractivity contribution is 7.89. The van der Waals surface area contributed by atoms with E-state index in [1.807, 2.05) is 23.1 Å². The van der Waals surface area contributed by atoms with E-state index < -0.39 is 16.1 Å². The number of hydrogen-bond acceptors (Lipinski definition) is 6. The lowest BCUT2D eigenvalue weighted by atomic mass is 9.93. The molecule has 0 spiro atoms. The van der Waals surface area contributed by atoms with Crippen molar-refractivity contribution >= 4 is 27.0 Å². The van der Waals surface area contributed by atoms with Crippen molar-refractivity contribution in [1.82, 2.24) is 14.2 Å². The fourth-order valence-electron chi connectivity index (χ4n) is 6.04. The quantitative estimate of drug-likeness (QED) is 0.474. The summed E-state index contributed by atoms with van der Waals surface area (Å²) in [6.07, 6.45) is 6.98. The van der Waals surface area contributed by atoms with E-state index in [9.17, 15) is 13.2 Å². The molecule has 0 N–H and O–H groups in total. The molecule has 3 aromatic rings. The van der Waals surface area contributed by atoms with Gasteiger partial charge in [-0.2, -0.15) is 4.31 Å². The third-order valence-corrected chi connectivity index (χ3v) is 10.1. The van der Waals surface area contributed by atoms with Crippen LogP contribution in [0, 0.1) is 11.8 Å². The number of amides is 1. The van der Waals surface area contributed by atoms with Gasteiger partial charge >= 0.3 is 0 Å². The highest BCUT2D eigenvalue weighted by Gasteiger charge is 2.47. The topological polar surface area (TPSA) is 93.0 Å². The molecular weight excluding hydrogens is 478 g/mol. The molecule has 1 aromatic heterocycles. The monoisotopic (exact) mass is 509 g/mol. The number of sulfonamides is 1. The molecule has 9 heteroatoms. The van der Waals surface area contributed by atoms with Gasteiger partial charge in [-0.25, -0.2) is 13.4 Å². The van der Waals surface area contributed by atoms with E-state index in [0.717, 1.165) is 36.3 Å². The number of fused-ring (bicyclic) bond motifs is 2. The van der Waals surface area contributed by atoms with E-state index in [4.69, 9.17) is 9.15 Å². The maximum absolute atomic E-state index is 14.1. The Balaban J connectivity index is 1.29. The van der Waals surface area contributed by atoms with Crippen LogP contribution in [0.15, 0.2) is 58.2 Å². The second kappa shape index (κ2) is 9.19. The Morgan fingerprint density at radius 1 is 1.11 bits per heavy atom. The minimum atomic E-state index is -3.81. The number of aromatic nitrogens is 1. The zero-order valence-corrected chi connectivity index (χ0v) is 21.2. The van der Waals surface area contributed by atoms with E-state index in [1.54, 1.807) is 31.4 Å². The van der Waals surface area contributed by atoms with Gasteiger partial charge < -0.3 is 14.1 Å². The Kier molecular flexibility index (Phi) is 6.00. The number of carbonyl (C=O) groups is 1. The third kappa shape index (κ3) is 4.28. The molecule has 2 aliphatic carbocycles. The summed E-state index contributed by atoms with van der Waals surface area (Å²) in [6, 6.07) is 11.6. The van der Waals surface area contributed by atoms with Gasteiger partial charge in [-0.3, -0.25) is 4.79 Å². The van der Waals surface area contributed by atoms with Crippen LogP contribution in [0.4, 0.5) is 0 Å². The van der Waals surface area contributed by atoms with Crippen molar-refractivity contribution in [2.75, 3.05) is 13.7 Å². The van der Waals surface area contributed by atoms with Gasteiger partial charge in [0.05, 0.1) is 12.0 Å². The molecule has 190 valence electrons. The van der Waals surface area contributed by atoms with E-state index in [1.165, 1.54) is 17.1 Å². The number of nitrogens with zero attached hydrogens (tertiary/aromatic N) is 3. The van der Waals surface area contributed by atoms with E-state index >= 15 is 0 Å². The van der Waals surface area contributed by atoms with Crippen LogP contribution in [0.25, 0.3) is 11.1 Å². The maximum atomic E-state index is 14.1. The fourth-order valence-corrected chi connectivity index (χ4v) is 7.69. The first-order chi connectivity index (χ1) is 17.4. The second-order valence-electron chi connectivity index (χ2n) is 10.3. The van der Waals surface area contributed by atoms with Gasteiger partial charge in [0.25, 0.3) is 0 Å². The van der Waals surface area contributed by atoms with Gasteiger partial charge in [0.2, 0.25) is 15.9 Å².